The first-order valence-corrected chi connectivity index (χ1v) is 6.43. The minimum absolute atomic E-state index is 0.294. The summed E-state index contributed by atoms with van der Waals surface area (Å²) >= 11 is 0. The van der Waals surface area contributed by atoms with Crippen LogP contribution in [0.3, 0.4) is 0 Å². The van der Waals surface area contributed by atoms with Gasteiger partial charge in [0.15, 0.2) is 11.5 Å². The monoisotopic (exact) mass is 281 g/mol. The van der Waals surface area contributed by atoms with Crippen LogP contribution in [-0.4, -0.2) is 13.1 Å². The van der Waals surface area contributed by atoms with Gasteiger partial charge in [0.25, 0.3) is 0 Å². The third kappa shape index (κ3) is 3.03. The molecule has 106 valence electrons. The summed E-state index contributed by atoms with van der Waals surface area (Å²) in [5.74, 6) is 0.203. The van der Waals surface area contributed by atoms with E-state index in [-0.39, 0.29) is 0 Å². The van der Waals surface area contributed by atoms with Gasteiger partial charge in [-0.3, -0.25) is 0 Å². The van der Waals surface area contributed by atoms with Crippen molar-refractivity contribution in [1.82, 2.24) is 0 Å². The van der Waals surface area contributed by atoms with Crippen LogP contribution in [0.25, 0.3) is 0 Å². The Hall–Kier alpha value is -2.80. The summed E-state index contributed by atoms with van der Waals surface area (Å²) in [6.45, 7) is 3.82. The van der Waals surface area contributed by atoms with E-state index in [0.29, 0.717) is 22.6 Å². The highest BCUT2D eigenvalue weighted by atomic mass is 16.6. The van der Waals surface area contributed by atoms with Crippen molar-refractivity contribution in [3.63, 3.8) is 0 Å². The Labute approximate surface area is 123 Å². The summed E-state index contributed by atoms with van der Waals surface area (Å²) in [7, 11) is 1.46. The molecule has 0 aliphatic carbocycles. The molecule has 0 amide bonds. The molecule has 0 unspecified atom stereocenters. The number of methoxy groups -OCH3 is 1. The van der Waals surface area contributed by atoms with Crippen LogP contribution in [0.2, 0.25) is 0 Å². The molecule has 0 heterocycles. The van der Waals surface area contributed by atoms with E-state index < -0.39 is 5.97 Å². The Morgan fingerprint density at radius 2 is 1.90 bits per heavy atom. The lowest BCUT2D eigenvalue weighted by Gasteiger charge is -2.11. The number of ether oxygens (including phenoxy) is 2. The molecule has 21 heavy (non-hydrogen) atoms. The lowest BCUT2D eigenvalue weighted by molar-refractivity contribution is 0.0729. The van der Waals surface area contributed by atoms with Crippen molar-refractivity contribution in [3.05, 3.63) is 58.7 Å². The van der Waals surface area contributed by atoms with E-state index in [1.54, 1.807) is 18.2 Å². The maximum Gasteiger partial charge on any atom is 0.343 e. The number of rotatable bonds is 3. The van der Waals surface area contributed by atoms with Crippen LogP contribution < -0.4 is 9.47 Å². The molecule has 0 aliphatic heterocycles. The molecule has 2 aromatic carbocycles. The van der Waals surface area contributed by atoms with Gasteiger partial charge in [-0.05, 0) is 43.2 Å². The highest BCUT2D eigenvalue weighted by molar-refractivity contribution is 5.93. The number of carbonyl (C=O) groups excluding carboxylic acids is 1. The van der Waals surface area contributed by atoms with Crippen LogP contribution in [0.5, 0.6) is 11.5 Å². The molecular weight excluding hydrogens is 266 g/mol. The van der Waals surface area contributed by atoms with Crippen molar-refractivity contribution in [2.45, 2.75) is 13.8 Å². The third-order valence-electron chi connectivity index (χ3n) is 3.32. The second kappa shape index (κ2) is 6.10. The zero-order valence-electron chi connectivity index (χ0n) is 12.1. The minimum Gasteiger partial charge on any atom is -0.493 e. The summed E-state index contributed by atoms with van der Waals surface area (Å²) in [4.78, 5) is 12.3. The Kier molecular flexibility index (Phi) is 4.24. The number of benzene rings is 2. The fourth-order valence-electron chi connectivity index (χ4n) is 1.95. The second-order valence-corrected chi connectivity index (χ2v) is 4.61. The molecule has 0 radical (unpaired) electrons. The summed E-state index contributed by atoms with van der Waals surface area (Å²) in [5.41, 5.74) is 2.87. The zero-order chi connectivity index (χ0) is 15.4. The first-order valence-electron chi connectivity index (χ1n) is 6.43. The Balaban J connectivity index is 2.32. The number of hydrogen-bond donors (Lipinski definition) is 0. The Bertz CT molecular complexity index is 729. The molecule has 2 rings (SSSR count). The van der Waals surface area contributed by atoms with Gasteiger partial charge in [-0.15, -0.1) is 0 Å². The van der Waals surface area contributed by atoms with Gasteiger partial charge in [-0.2, -0.15) is 5.26 Å². The summed E-state index contributed by atoms with van der Waals surface area (Å²) < 4.78 is 10.5. The first kappa shape index (κ1) is 14.6. The number of hydrogen-bond acceptors (Lipinski definition) is 4. The van der Waals surface area contributed by atoms with Crippen LogP contribution in [0.15, 0.2) is 36.4 Å². The van der Waals surface area contributed by atoms with Gasteiger partial charge in [0.1, 0.15) is 0 Å². The fraction of sp³-hybridized carbons (Fsp3) is 0.176. The van der Waals surface area contributed by atoms with Crippen molar-refractivity contribution in [2.75, 3.05) is 7.11 Å². The maximum atomic E-state index is 12.3. The van der Waals surface area contributed by atoms with Gasteiger partial charge in [0.2, 0.25) is 0 Å². The van der Waals surface area contributed by atoms with E-state index in [2.05, 4.69) is 0 Å². The van der Waals surface area contributed by atoms with Crippen LogP contribution in [0.1, 0.15) is 27.0 Å². The largest absolute Gasteiger partial charge is 0.493 e. The molecule has 0 atom stereocenters. The minimum atomic E-state index is -0.445. The topological polar surface area (TPSA) is 59.3 Å². The molecule has 0 saturated heterocycles. The number of nitrogens with zero attached hydrogens (tertiary/aromatic N) is 1. The van der Waals surface area contributed by atoms with Crippen LogP contribution in [-0.2, 0) is 0 Å². The summed E-state index contributed by atoms with van der Waals surface area (Å²) in [6.07, 6.45) is 0. The normalized spacial score (nSPS) is 9.81. The maximum absolute atomic E-state index is 12.3. The fourth-order valence-corrected chi connectivity index (χ4v) is 1.95. The number of aryl methyl sites for hydroxylation is 1. The van der Waals surface area contributed by atoms with E-state index in [1.807, 2.05) is 32.0 Å². The number of carbonyl (C=O) groups is 1. The highest BCUT2D eigenvalue weighted by Gasteiger charge is 2.15. The predicted molar refractivity (Wildman–Crippen MR) is 78.6 cm³/mol. The highest BCUT2D eigenvalue weighted by Crippen LogP contribution is 2.29. The molecule has 0 aliphatic rings. The average molecular weight is 281 g/mol. The molecular formula is C17H15NO3. The van der Waals surface area contributed by atoms with Gasteiger partial charge < -0.3 is 9.47 Å². The van der Waals surface area contributed by atoms with Gasteiger partial charge in [-0.25, -0.2) is 4.79 Å². The number of nitriles is 1. The van der Waals surface area contributed by atoms with E-state index >= 15 is 0 Å². The molecule has 0 bridgehead atoms. The van der Waals surface area contributed by atoms with Crippen molar-refractivity contribution < 1.29 is 14.3 Å². The molecule has 0 N–H and O–H groups in total. The second-order valence-electron chi connectivity index (χ2n) is 4.61. The van der Waals surface area contributed by atoms with Crippen LogP contribution >= 0.6 is 0 Å². The van der Waals surface area contributed by atoms with Crippen LogP contribution in [0.4, 0.5) is 0 Å². The SMILES string of the molecule is COc1cc(C#N)ccc1OC(=O)c1cccc(C)c1C. The van der Waals surface area contributed by atoms with Crippen molar-refractivity contribution in [2.24, 2.45) is 0 Å². The van der Waals surface area contributed by atoms with Crippen molar-refractivity contribution >= 4 is 5.97 Å². The van der Waals surface area contributed by atoms with Gasteiger partial charge >= 0.3 is 5.97 Å². The molecule has 0 spiro atoms. The van der Waals surface area contributed by atoms with E-state index in [0.717, 1.165) is 11.1 Å². The predicted octanol–water partition coefficient (Wildman–Crippen LogP) is 3.40. The third-order valence-corrected chi connectivity index (χ3v) is 3.32. The van der Waals surface area contributed by atoms with Gasteiger partial charge in [0, 0.05) is 6.07 Å². The van der Waals surface area contributed by atoms with E-state index in [4.69, 9.17) is 14.7 Å². The summed E-state index contributed by atoms with van der Waals surface area (Å²) in [6, 6.07) is 12.2. The molecule has 4 heteroatoms. The Morgan fingerprint density at radius 1 is 1.14 bits per heavy atom. The van der Waals surface area contributed by atoms with E-state index in [1.165, 1.54) is 13.2 Å². The smallest absolute Gasteiger partial charge is 0.343 e. The standard InChI is InChI=1S/C17H15NO3/c1-11-5-4-6-14(12(11)2)17(19)21-15-8-7-13(10-18)9-16(15)20-3/h4-9H,1-3H3. The first-order chi connectivity index (χ1) is 10.1. The molecule has 2 aromatic rings. The van der Waals surface area contributed by atoms with Crippen LogP contribution in [0, 0.1) is 25.2 Å². The van der Waals surface area contributed by atoms with Gasteiger partial charge in [0.05, 0.1) is 24.3 Å². The average Bonchev–Trinajstić information content (AvgIpc) is 2.50. The molecule has 0 aromatic heterocycles. The van der Waals surface area contributed by atoms with E-state index in [9.17, 15) is 4.79 Å². The lowest BCUT2D eigenvalue weighted by atomic mass is 10.0. The van der Waals surface area contributed by atoms with Crippen molar-refractivity contribution in [1.29, 1.82) is 5.26 Å². The van der Waals surface area contributed by atoms with Crippen molar-refractivity contribution in [3.8, 4) is 17.6 Å². The quantitative estimate of drug-likeness (QED) is 0.639. The molecule has 4 nitrogen and oxygen atoms in total. The molecule has 0 saturated carbocycles. The Morgan fingerprint density at radius 3 is 2.57 bits per heavy atom. The number of esters is 1. The summed E-state index contributed by atoms with van der Waals surface area (Å²) in [5, 5.41) is 8.86. The zero-order valence-corrected chi connectivity index (χ0v) is 12.1. The molecule has 0 fully saturated rings. The van der Waals surface area contributed by atoms with Gasteiger partial charge in [-0.1, -0.05) is 12.1 Å². The lowest BCUT2D eigenvalue weighted by Crippen LogP contribution is -2.11.